The zero-order valence-corrected chi connectivity index (χ0v) is 9.25. The minimum absolute atomic E-state index is 0.349. The summed E-state index contributed by atoms with van der Waals surface area (Å²) >= 11 is 2.48. The standard InChI is InChI=1S/C7H8N4OS2/c1-9-7(12)10-5-4(3-8)6(13-2)11-14-5/h1-2H3,(H2,9,10,12). The zero-order valence-electron chi connectivity index (χ0n) is 7.62. The summed E-state index contributed by atoms with van der Waals surface area (Å²) in [6.45, 7) is 0. The molecule has 0 atom stereocenters. The number of hydrogen-bond acceptors (Lipinski definition) is 5. The Hall–Kier alpha value is -1.26. The lowest BCUT2D eigenvalue weighted by atomic mass is 10.4. The molecule has 0 saturated carbocycles. The van der Waals surface area contributed by atoms with Crippen LogP contribution in [-0.4, -0.2) is 23.7 Å². The van der Waals surface area contributed by atoms with Gasteiger partial charge in [0.2, 0.25) is 0 Å². The maximum atomic E-state index is 11.0. The summed E-state index contributed by atoms with van der Waals surface area (Å²) in [7, 11) is 1.51. The number of aromatic nitrogens is 1. The van der Waals surface area contributed by atoms with E-state index >= 15 is 0 Å². The minimum Gasteiger partial charge on any atom is -0.341 e. The lowest BCUT2D eigenvalue weighted by Crippen LogP contribution is -2.24. The number of rotatable bonds is 2. The lowest BCUT2D eigenvalue weighted by molar-refractivity contribution is 0.254. The quantitative estimate of drug-likeness (QED) is 0.752. The normalized spacial score (nSPS) is 9.21. The molecule has 0 aliphatic rings. The molecule has 1 aromatic rings. The molecule has 0 saturated heterocycles. The van der Waals surface area contributed by atoms with Crippen LogP contribution >= 0.6 is 23.3 Å². The predicted molar refractivity (Wildman–Crippen MR) is 56.7 cm³/mol. The number of carbonyl (C=O) groups is 1. The van der Waals surface area contributed by atoms with Gasteiger partial charge >= 0.3 is 6.03 Å². The summed E-state index contributed by atoms with van der Waals surface area (Å²) < 4.78 is 4.03. The highest BCUT2D eigenvalue weighted by Gasteiger charge is 2.13. The van der Waals surface area contributed by atoms with Crippen molar-refractivity contribution in [2.45, 2.75) is 5.03 Å². The van der Waals surface area contributed by atoms with Crippen molar-refractivity contribution in [3.8, 4) is 6.07 Å². The lowest BCUT2D eigenvalue weighted by Gasteiger charge is -1.99. The van der Waals surface area contributed by atoms with E-state index in [1.165, 1.54) is 18.8 Å². The van der Waals surface area contributed by atoms with Gasteiger partial charge in [0.15, 0.2) is 0 Å². The summed E-state index contributed by atoms with van der Waals surface area (Å²) in [4.78, 5) is 11.0. The number of urea groups is 1. The van der Waals surface area contributed by atoms with E-state index in [9.17, 15) is 4.79 Å². The summed E-state index contributed by atoms with van der Waals surface area (Å²) in [6, 6.07) is 1.66. The first-order valence-electron chi connectivity index (χ1n) is 3.65. The Balaban J connectivity index is 2.93. The van der Waals surface area contributed by atoms with Crippen LogP contribution in [0.1, 0.15) is 5.56 Å². The minimum atomic E-state index is -0.349. The summed E-state index contributed by atoms with van der Waals surface area (Å²) in [5.41, 5.74) is 0.422. The molecule has 0 spiro atoms. The van der Waals surface area contributed by atoms with Crippen LogP contribution < -0.4 is 10.6 Å². The molecule has 2 amide bonds. The molecule has 5 nitrogen and oxygen atoms in total. The van der Waals surface area contributed by atoms with Gasteiger partial charge in [0.25, 0.3) is 0 Å². The summed E-state index contributed by atoms with van der Waals surface area (Å²) in [6.07, 6.45) is 1.83. The SMILES string of the molecule is CNC(=O)Nc1snc(SC)c1C#N. The van der Waals surface area contributed by atoms with Gasteiger partial charge in [-0.1, -0.05) is 0 Å². The molecule has 0 unspecified atom stereocenters. The fraction of sp³-hybridized carbons (Fsp3) is 0.286. The molecule has 1 rings (SSSR count). The van der Waals surface area contributed by atoms with Crippen molar-refractivity contribution in [2.24, 2.45) is 0 Å². The van der Waals surface area contributed by atoms with E-state index in [-0.39, 0.29) is 6.03 Å². The van der Waals surface area contributed by atoms with Crippen molar-refractivity contribution in [3.05, 3.63) is 5.56 Å². The number of amides is 2. The maximum Gasteiger partial charge on any atom is 0.319 e. The molecule has 0 aliphatic carbocycles. The largest absolute Gasteiger partial charge is 0.341 e. The van der Waals surface area contributed by atoms with E-state index in [1.807, 2.05) is 12.3 Å². The maximum absolute atomic E-state index is 11.0. The van der Waals surface area contributed by atoms with Crippen molar-refractivity contribution in [2.75, 3.05) is 18.6 Å². The van der Waals surface area contributed by atoms with Crippen molar-refractivity contribution >= 4 is 34.3 Å². The van der Waals surface area contributed by atoms with Gasteiger partial charge < -0.3 is 5.32 Å². The number of thioether (sulfide) groups is 1. The topological polar surface area (TPSA) is 77.8 Å². The molecule has 0 fully saturated rings. The molecule has 7 heteroatoms. The number of nitrogens with zero attached hydrogens (tertiary/aromatic N) is 2. The zero-order chi connectivity index (χ0) is 10.6. The Morgan fingerprint density at radius 3 is 2.93 bits per heavy atom. The molecule has 1 heterocycles. The molecule has 14 heavy (non-hydrogen) atoms. The van der Waals surface area contributed by atoms with Crippen LogP contribution in [0, 0.1) is 11.3 Å². The second-order valence-corrected chi connectivity index (χ2v) is 3.78. The second-order valence-electron chi connectivity index (χ2n) is 2.21. The van der Waals surface area contributed by atoms with Crippen molar-refractivity contribution in [1.29, 1.82) is 5.26 Å². The highest BCUT2D eigenvalue weighted by molar-refractivity contribution is 7.98. The highest BCUT2D eigenvalue weighted by Crippen LogP contribution is 2.29. The monoisotopic (exact) mass is 228 g/mol. The van der Waals surface area contributed by atoms with E-state index in [4.69, 9.17) is 5.26 Å². The van der Waals surface area contributed by atoms with Crippen molar-refractivity contribution in [1.82, 2.24) is 9.69 Å². The van der Waals surface area contributed by atoms with E-state index < -0.39 is 0 Å². The van der Waals surface area contributed by atoms with Crippen LogP contribution in [-0.2, 0) is 0 Å². The second kappa shape index (κ2) is 4.83. The van der Waals surface area contributed by atoms with Gasteiger partial charge in [0, 0.05) is 7.05 Å². The Labute approximate surface area is 89.7 Å². The van der Waals surface area contributed by atoms with E-state index in [0.717, 1.165) is 11.5 Å². The molecule has 0 aliphatic heterocycles. The van der Waals surface area contributed by atoms with Gasteiger partial charge in [0.05, 0.1) is 0 Å². The number of nitrogens with one attached hydrogen (secondary N) is 2. The van der Waals surface area contributed by atoms with Crippen LogP contribution in [0.25, 0.3) is 0 Å². The van der Waals surface area contributed by atoms with E-state index in [2.05, 4.69) is 15.0 Å². The van der Waals surface area contributed by atoms with Gasteiger partial charge in [-0.15, -0.1) is 11.8 Å². The Morgan fingerprint density at radius 2 is 2.43 bits per heavy atom. The van der Waals surface area contributed by atoms with Crippen molar-refractivity contribution < 1.29 is 4.79 Å². The Morgan fingerprint density at radius 1 is 1.71 bits per heavy atom. The highest BCUT2D eigenvalue weighted by atomic mass is 32.2. The van der Waals surface area contributed by atoms with Crippen LogP contribution in [0.15, 0.2) is 5.03 Å². The fourth-order valence-electron chi connectivity index (χ4n) is 0.764. The first-order valence-corrected chi connectivity index (χ1v) is 5.65. The molecule has 0 bridgehead atoms. The van der Waals surface area contributed by atoms with Crippen LogP contribution in [0.2, 0.25) is 0 Å². The molecule has 2 N–H and O–H groups in total. The van der Waals surface area contributed by atoms with Gasteiger partial charge in [-0.2, -0.15) is 9.64 Å². The Bertz CT molecular complexity index is 382. The molecule has 74 valence electrons. The average molecular weight is 228 g/mol. The van der Waals surface area contributed by atoms with E-state index in [1.54, 1.807) is 0 Å². The smallest absolute Gasteiger partial charge is 0.319 e. The molecular weight excluding hydrogens is 220 g/mol. The number of carbonyl (C=O) groups excluding carboxylic acids is 1. The van der Waals surface area contributed by atoms with Gasteiger partial charge in [0.1, 0.15) is 21.7 Å². The first kappa shape index (κ1) is 10.8. The molecule has 0 radical (unpaired) electrons. The van der Waals surface area contributed by atoms with Crippen molar-refractivity contribution in [3.63, 3.8) is 0 Å². The third-order valence-corrected chi connectivity index (χ3v) is 2.98. The van der Waals surface area contributed by atoms with E-state index in [0.29, 0.717) is 15.6 Å². The van der Waals surface area contributed by atoms with Crippen LogP contribution in [0.5, 0.6) is 0 Å². The molecule has 1 aromatic heterocycles. The number of hydrogen-bond donors (Lipinski definition) is 2. The van der Waals surface area contributed by atoms with Gasteiger partial charge in [-0.25, -0.2) is 4.79 Å². The number of nitriles is 1. The fourth-order valence-corrected chi connectivity index (χ4v) is 2.23. The first-order chi connectivity index (χ1) is 6.72. The molecule has 0 aromatic carbocycles. The van der Waals surface area contributed by atoms with Crippen LogP contribution in [0.4, 0.5) is 9.80 Å². The third-order valence-electron chi connectivity index (χ3n) is 1.42. The van der Waals surface area contributed by atoms with Gasteiger partial charge in [-0.05, 0) is 17.8 Å². The van der Waals surface area contributed by atoms with Crippen LogP contribution in [0.3, 0.4) is 0 Å². The Kier molecular flexibility index (Phi) is 3.73. The summed E-state index contributed by atoms with van der Waals surface area (Å²) in [5.74, 6) is 0. The predicted octanol–water partition coefficient (Wildman–Crippen LogP) is 1.49. The number of anilines is 1. The molecular formula is C7H8N4OS2. The summed E-state index contributed by atoms with van der Waals surface area (Å²) in [5, 5.41) is 14.9. The third kappa shape index (κ3) is 2.16. The average Bonchev–Trinajstić information content (AvgIpc) is 2.59. The van der Waals surface area contributed by atoms with Gasteiger partial charge in [-0.3, -0.25) is 5.32 Å².